The summed E-state index contributed by atoms with van der Waals surface area (Å²) in [5.74, 6) is -0.241. The van der Waals surface area contributed by atoms with Gasteiger partial charge in [0.1, 0.15) is 5.82 Å². The number of hydrogen-bond donors (Lipinski definition) is 1. The summed E-state index contributed by atoms with van der Waals surface area (Å²) >= 11 is 0. The number of aryl methyl sites for hydroxylation is 1. The zero-order valence-electron chi connectivity index (χ0n) is 8.84. The van der Waals surface area contributed by atoms with Crippen LogP contribution in [0.1, 0.15) is 18.1 Å². The summed E-state index contributed by atoms with van der Waals surface area (Å²) in [6.45, 7) is 4.11. The van der Waals surface area contributed by atoms with E-state index in [9.17, 15) is 9.18 Å². The lowest BCUT2D eigenvalue weighted by molar-refractivity contribution is 0.151. The molecule has 1 aromatic rings. The first kappa shape index (κ1) is 11.5. The standard InChI is InChI=1S/C11H14FNO2/c1-3-15-11(14)13-7-9-4-5-10(12)8(2)6-9/h4-6H,3,7H2,1-2H3,(H,13,14). The van der Waals surface area contributed by atoms with Crippen LogP contribution < -0.4 is 5.32 Å². The van der Waals surface area contributed by atoms with Gasteiger partial charge in [-0.15, -0.1) is 0 Å². The third kappa shape index (κ3) is 3.58. The fraction of sp³-hybridized carbons (Fsp3) is 0.364. The molecular formula is C11H14FNO2. The summed E-state index contributed by atoms with van der Waals surface area (Å²) < 4.78 is 17.6. The van der Waals surface area contributed by atoms with Gasteiger partial charge in [0.05, 0.1) is 6.61 Å². The average molecular weight is 211 g/mol. The highest BCUT2D eigenvalue weighted by Gasteiger charge is 2.02. The number of carbonyl (C=O) groups excluding carboxylic acids is 1. The normalized spacial score (nSPS) is 9.80. The highest BCUT2D eigenvalue weighted by atomic mass is 19.1. The summed E-state index contributed by atoms with van der Waals surface area (Å²) in [4.78, 5) is 11.0. The molecule has 1 rings (SSSR count). The zero-order valence-corrected chi connectivity index (χ0v) is 8.84. The Hall–Kier alpha value is -1.58. The van der Waals surface area contributed by atoms with Crippen LogP contribution >= 0.6 is 0 Å². The molecule has 0 aromatic heterocycles. The average Bonchev–Trinajstić information content (AvgIpc) is 2.20. The Balaban J connectivity index is 2.51. The van der Waals surface area contributed by atoms with Crippen molar-refractivity contribution in [2.45, 2.75) is 20.4 Å². The van der Waals surface area contributed by atoms with Crippen molar-refractivity contribution < 1.29 is 13.9 Å². The van der Waals surface area contributed by atoms with E-state index >= 15 is 0 Å². The number of ether oxygens (including phenoxy) is 1. The topological polar surface area (TPSA) is 38.3 Å². The fourth-order valence-electron chi connectivity index (χ4n) is 1.17. The van der Waals surface area contributed by atoms with Crippen LogP contribution in [-0.2, 0) is 11.3 Å². The van der Waals surface area contributed by atoms with Crippen LogP contribution in [-0.4, -0.2) is 12.7 Å². The molecule has 15 heavy (non-hydrogen) atoms. The van der Waals surface area contributed by atoms with Gasteiger partial charge < -0.3 is 10.1 Å². The Bertz CT molecular complexity index is 352. The number of benzene rings is 1. The monoisotopic (exact) mass is 211 g/mol. The second-order valence-electron chi connectivity index (χ2n) is 3.16. The third-order valence-electron chi connectivity index (χ3n) is 1.93. The van der Waals surface area contributed by atoms with E-state index < -0.39 is 6.09 Å². The number of nitrogens with one attached hydrogen (secondary N) is 1. The molecule has 0 saturated carbocycles. The number of amides is 1. The van der Waals surface area contributed by atoms with E-state index in [0.29, 0.717) is 18.7 Å². The van der Waals surface area contributed by atoms with Gasteiger partial charge in [-0.3, -0.25) is 0 Å². The van der Waals surface area contributed by atoms with Crippen molar-refractivity contribution in [2.75, 3.05) is 6.61 Å². The number of hydrogen-bond acceptors (Lipinski definition) is 2. The number of rotatable bonds is 3. The summed E-state index contributed by atoms with van der Waals surface area (Å²) in [6, 6.07) is 4.72. The molecule has 0 radical (unpaired) electrons. The maximum Gasteiger partial charge on any atom is 0.407 e. The van der Waals surface area contributed by atoms with Gasteiger partial charge in [0.25, 0.3) is 0 Å². The highest BCUT2D eigenvalue weighted by Crippen LogP contribution is 2.08. The largest absolute Gasteiger partial charge is 0.450 e. The van der Waals surface area contributed by atoms with Crippen LogP contribution in [0, 0.1) is 12.7 Å². The van der Waals surface area contributed by atoms with Crippen molar-refractivity contribution in [3.05, 3.63) is 35.1 Å². The molecule has 0 aliphatic heterocycles. The molecule has 1 amide bonds. The van der Waals surface area contributed by atoms with Crippen LogP contribution in [0.3, 0.4) is 0 Å². The van der Waals surface area contributed by atoms with Gasteiger partial charge in [-0.05, 0) is 31.0 Å². The molecule has 0 bridgehead atoms. The maximum absolute atomic E-state index is 12.9. The molecular weight excluding hydrogens is 197 g/mol. The van der Waals surface area contributed by atoms with E-state index in [1.807, 2.05) is 0 Å². The van der Waals surface area contributed by atoms with Gasteiger partial charge in [0.15, 0.2) is 0 Å². The Morgan fingerprint density at radius 3 is 2.87 bits per heavy atom. The minimum atomic E-state index is -0.459. The van der Waals surface area contributed by atoms with Crippen molar-refractivity contribution in [3.8, 4) is 0 Å². The predicted molar refractivity (Wildman–Crippen MR) is 55.0 cm³/mol. The maximum atomic E-state index is 12.9. The van der Waals surface area contributed by atoms with E-state index in [1.165, 1.54) is 6.07 Å². The van der Waals surface area contributed by atoms with Crippen LogP contribution in [0.2, 0.25) is 0 Å². The SMILES string of the molecule is CCOC(=O)NCc1ccc(F)c(C)c1. The van der Waals surface area contributed by atoms with Crippen molar-refractivity contribution >= 4 is 6.09 Å². The minimum Gasteiger partial charge on any atom is -0.450 e. The molecule has 0 fully saturated rings. The van der Waals surface area contributed by atoms with Crippen LogP contribution in [0.15, 0.2) is 18.2 Å². The van der Waals surface area contributed by atoms with Gasteiger partial charge in [-0.25, -0.2) is 9.18 Å². The summed E-state index contributed by atoms with van der Waals surface area (Å²) in [7, 11) is 0. The van der Waals surface area contributed by atoms with Crippen LogP contribution in [0.25, 0.3) is 0 Å². The number of alkyl carbamates (subject to hydrolysis) is 1. The Morgan fingerprint density at radius 1 is 1.53 bits per heavy atom. The first-order valence-corrected chi connectivity index (χ1v) is 4.79. The Morgan fingerprint density at radius 2 is 2.27 bits per heavy atom. The van der Waals surface area contributed by atoms with E-state index in [-0.39, 0.29) is 5.82 Å². The molecule has 0 atom stereocenters. The fourth-order valence-corrected chi connectivity index (χ4v) is 1.17. The molecule has 0 spiro atoms. The van der Waals surface area contributed by atoms with E-state index in [0.717, 1.165) is 5.56 Å². The van der Waals surface area contributed by atoms with Crippen molar-refractivity contribution in [3.63, 3.8) is 0 Å². The number of halogens is 1. The first-order valence-electron chi connectivity index (χ1n) is 4.79. The van der Waals surface area contributed by atoms with Gasteiger partial charge >= 0.3 is 6.09 Å². The van der Waals surface area contributed by atoms with E-state index in [2.05, 4.69) is 5.32 Å². The minimum absolute atomic E-state index is 0.241. The molecule has 82 valence electrons. The third-order valence-corrected chi connectivity index (χ3v) is 1.93. The second kappa shape index (κ2) is 5.34. The van der Waals surface area contributed by atoms with Gasteiger partial charge in [-0.1, -0.05) is 12.1 Å². The van der Waals surface area contributed by atoms with Crippen molar-refractivity contribution in [1.29, 1.82) is 0 Å². The lowest BCUT2D eigenvalue weighted by Crippen LogP contribution is -2.23. The molecule has 1 N–H and O–H groups in total. The van der Waals surface area contributed by atoms with Gasteiger partial charge in [0.2, 0.25) is 0 Å². The van der Waals surface area contributed by atoms with Crippen LogP contribution in [0.5, 0.6) is 0 Å². The van der Waals surface area contributed by atoms with Gasteiger partial charge in [-0.2, -0.15) is 0 Å². The molecule has 0 unspecified atom stereocenters. The molecule has 0 aliphatic rings. The van der Waals surface area contributed by atoms with Crippen molar-refractivity contribution in [2.24, 2.45) is 0 Å². The zero-order chi connectivity index (χ0) is 11.3. The van der Waals surface area contributed by atoms with Gasteiger partial charge in [0, 0.05) is 6.54 Å². The smallest absolute Gasteiger partial charge is 0.407 e. The lowest BCUT2D eigenvalue weighted by atomic mass is 10.1. The lowest BCUT2D eigenvalue weighted by Gasteiger charge is -2.06. The second-order valence-corrected chi connectivity index (χ2v) is 3.16. The molecule has 0 aliphatic carbocycles. The summed E-state index contributed by atoms with van der Waals surface area (Å²) in [5.41, 5.74) is 1.42. The molecule has 0 saturated heterocycles. The first-order chi connectivity index (χ1) is 7.13. The predicted octanol–water partition coefficient (Wildman–Crippen LogP) is 2.38. The molecule has 3 nitrogen and oxygen atoms in total. The molecule has 0 heterocycles. The Kier molecular flexibility index (Phi) is 4.09. The summed E-state index contributed by atoms with van der Waals surface area (Å²) in [5, 5.41) is 2.56. The van der Waals surface area contributed by atoms with Crippen LogP contribution in [0.4, 0.5) is 9.18 Å². The highest BCUT2D eigenvalue weighted by molar-refractivity contribution is 5.67. The van der Waals surface area contributed by atoms with E-state index in [1.54, 1.807) is 26.0 Å². The van der Waals surface area contributed by atoms with E-state index in [4.69, 9.17) is 4.74 Å². The Labute approximate surface area is 88.2 Å². The molecule has 4 heteroatoms. The number of carbonyl (C=O) groups is 1. The quantitative estimate of drug-likeness (QED) is 0.833. The van der Waals surface area contributed by atoms with Crippen molar-refractivity contribution in [1.82, 2.24) is 5.32 Å². The molecule has 1 aromatic carbocycles. The summed E-state index contributed by atoms with van der Waals surface area (Å²) in [6.07, 6.45) is -0.459.